The van der Waals surface area contributed by atoms with Crippen molar-refractivity contribution in [1.29, 1.82) is 0 Å². The fraction of sp³-hybridized carbons (Fsp3) is 0.643. The van der Waals surface area contributed by atoms with Crippen LogP contribution in [-0.2, 0) is 0 Å². The second-order valence-corrected chi connectivity index (χ2v) is 7.25. The molecule has 0 amide bonds. The van der Waals surface area contributed by atoms with Gasteiger partial charge < -0.3 is 10.2 Å². The molecule has 2 heterocycles. The maximum atomic E-state index is 4.60. The molecule has 1 saturated carbocycles. The Morgan fingerprint density at radius 2 is 2.11 bits per heavy atom. The molecule has 1 saturated heterocycles. The van der Waals surface area contributed by atoms with Crippen molar-refractivity contribution in [2.24, 2.45) is 0 Å². The highest BCUT2D eigenvalue weighted by atomic mass is 79.9. The number of aromatic nitrogens is 1. The van der Waals surface area contributed by atoms with Gasteiger partial charge in [0, 0.05) is 35.8 Å². The topological polar surface area (TPSA) is 28.2 Å². The lowest BCUT2D eigenvalue weighted by Crippen LogP contribution is -2.46. The van der Waals surface area contributed by atoms with Crippen LogP contribution in [0.2, 0.25) is 0 Å². The molecule has 1 N–H and O–H groups in total. The molecule has 1 aromatic rings. The first-order valence-electron chi connectivity index (χ1n) is 7.05. The van der Waals surface area contributed by atoms with Crippen molar-refractivity contribution in [3.63, 3.8) is 0 Å². The van der Waals surface area contributed by atoms with Gasteiger partial charge in [-0.05, 0) is 70.0 Å². The van der Waals surface area contributed by atoms with Gasteiger partial charge in [-0.25, -0.2) is 4.98 Å². The molecule has 0 aromatic carbocycles. The molecule has 1 aliphatic carbocycles. The molecule has 0 radical (unpaired) electrons. The lowest BCUT2D eigenvalue weighted by molar-refractivity contribution is 0.431. The molecule has 0 spiro atoms. The molecular weight excluding hydrogens is 370 g/mol. The molecule has 2 aliphatic rings. The standard InChI is InChI=1S/C14H19Br2N3/c15-10-7-13(16)14(18-8-10)19-6-2-1-3-12(19)9-17-11-4-5-11/h7-8,11-12,17H,1-6,9H2. The number of halogens is 2. The maximum absolute atomic E-state index is 4.60. The molecule has 2 fully saturated rings. The van der Waals surface area contributed by atoms with Crippen LogP contribution in [0.5, 0.6) is 0 Å². The second-order valence-electron chi connectivity index (χ2n) is 5.48. The van der Waals surface area contributed by atoms with Gasteiger partial charge in [0.15, 0.2) is 0 Å². The predicted octanol–water partition coefficient (Wildman–Crippen LogP) is 3.72. The van der Waals surface area contributed by atoms with E-state index < -0.39 is 0 Å². The molecule has 104 valence electrons. The zero-order valence-corrected chi connectivity index (χ0v) is 14.1. The van der Waals surface area contributed by atoms with E-state index in [2.05, 4.69) is 53.1 Å². The van der Waals surface area contributed by atoms with Crippen molar-refractivity contribution in [3.05, 3.63) is 21.2 Å². The van der Waals surface area contributed by atoms with E-state index >= 15 is 0 Å². The lowest BCUT2D eigenvalue weighted by Gasteiger charge is -2.37. The zero-order chi connectivity index (χ0) is 13.2. The average Bonchev–Trinajstić information content (AvgIpc) is 3.21. The monoisotopic (exact) mass is 387 g/mol. The van der Waals surface area contributed by atoms with Crippen LogP contribution in [0.3, 0.4) is 0 Å². The van der Waals surface area contributed by atoms with Crippen LogP contribution in [0.1, 0.15) is 32.1 Å². The Morgan fingerprint density at radius 1 is 1.26 bits per heavy atom. The molecule has 3 rings (SSSR count). The van der Waals surface area contributed by atoms with Crippen molar-refractivity contribution < 1.29 is 0 Å². The molecule has 1 aliphatic heterocycles. The molecular formula is C14H19Br2N3. The number of rotatable bonds is 4. The van der Waals surface area contributed by atoms with E-state index in [1.807, 2.05) is 6.20 Å². The highest BCUT2D eigenvalue weighted by Crippen LogP contribution is 2.31. The van der Waals surface area contributed by atoms with Gasteiger partial charge in [-0.3, -0.25) is 0 Å². The number of pyridine rings is 1. The molecule has 5 heteroatoms. The summed E-state index contributed by atoms with van der Waals surface area (Å²) in [6, 6.07) is 3.45. The fourth-order valence-electron chi connectivity index (χ4n) is 2.70. The number of nitrogens with zero attached hydrogens (tertiary/aromatic N) is 2. The van der Waals surface area contributed by atoms with E-state index in [1.54, 1.807) is 0 Å². The summed E-state index contributed by atoms with van der Waals surface area (Å²) in [5.74, 6) is 1.09. The third-order valence-corrected chi connectivity index (χ3v) is 4.92. The van der Waals surface area contributed by atoms with Gasteiger partial charge in [0.1, 0.15) is 5.82 Å². The van der Waals surface area contributed by atoms with Crippen LogP contribution >= 0.6 is 31.9 Å². The quantitative estimate of drug-likeness (QED) is 0.851. The number of anilines is 1. The van der Waals surface area contributed by atoms with E-state index in [-0.39, 0.29) is 0 Å². The van der Waals surface area contributed by atoms with Gasteiger partial charge in [0.25, 0.3) is 0 Å². The summed E-state index contributed by atoms with van der Waals surface area (Å²) in [4.78, 5) is 7.07. The van der Waals surface area contributed by atoms with E-state index in [0.29, 0.717) is 6.04 Å². The predicted molar refractivity (Wildman–Crippen MR) is 85.6 cm³/mol. The van der Waals surface area contributed by atoms with E-state index in [1.165, 1.54) is 32.1 Å². The first kappa shape index (κ1) is 13.8. The third-order valence-electron chi connectivity index (χ3n) is 3.91. The minimum absolute atomic E-state index is 0.583. The Morgan fingerprint density at radius 3 is 2.84 bits per heavy atom. The number of nitrogens with one attached hydrogen (secondary N) is 1. The molecule has 1 unspecified atom stereocenters. The third kappa shape index (κ3) is 3.50. The minimum Gasteiger partial charge on any atom is -0.351 e. The smallest absolute Gasteiger partial charge is 0.143 e. The Labute approximate surface area is 131 Å². The summed E-state index contributed by atoms with van der Waals surface area (Å²) >= 11 is 7.12. The Kier molecular flexibility index (Phi) is 4.44. The van der Waals surface area contributed by atoms with E-state index in [4.69, 9.17) is 0 Å². The number of hydrogen-bond acceptors (Lipinski definition) is 3. The highest BCUT2D eigenvalue weighted by molar-refractivity contribution is 9.11. The number of hydrogen-bond donors (Lipinski definition) is 1. The Bertz CT molecular complexity index is 448. The lowest BCUT2D eigenvalue weighted by atomic mass is 10.0. The first-order chi connectivity index (χ1) is 9.24. The SMILES string of the molecule is Brc1cnc(N2CCCCC2CNC2CC2)c(Br)c1. The zero-order valence-electron chi connectivity index (χ0n) is 10.9. The summed E-state index contributed by atoms with van der Waals surface area (Å²) in [6.45, 7) is 2.21. The Hall–Kier alpha value is -0.130. The second kappa shape index (κ2) is 6.10. The summed E-state index contributed by atoms with van der Waals surface area (Å²) in [6.07, 6.45) is 8.47. The van der Waals surface area contributed by atoms with Crippen molar-refractivity contribution in [2.45, 2.75) is 44.2 Å². The van der Waals surface area contributed by atoms with Crippen LogP contribution in [0.25, 0.3) is 0 Å². The van der Waals surface area contributed by atoms with Crippen LogP contribution < -0.4 is 10.2 Å². The van der Waals surface area contributed by atoms with Crippen LogP contribution in [0, 0.1) is 0 Å². The molecule has 1 atom stereocenters. The van der Waals surface area contributed by atoms with Gasteiger partial charge in [-0.2, -0.15) is 0 Å². The van der Waals surface area contributed by atoms with Gasteiger partial charge in [-0.1, -0.05) is 0 Å². The summed E-state index contributed by atoms with van der Waals surface area (Å²) in [7, 11) is 0. The maximum Gasteiger partial charge on any atom is 0.143 e. The van der Waals surface area contributed by atoms with Crippen molar-refractivity contribution in [1.82, 2.24) is 10.3 Å². The first-order valence-corrected chi connectivity index (χ1v) is 8.64. The van der Waals surface area contributed by atoms with Crippen LogP contribution in [0.4, 0.5) is 5.82 Å². The highest BCUT2D eigenvalue weighted by Gasteiger charge is 2.28. The average molecular weight is 389 g/mol. The van der Waals surface area contributed by atoms with Gasteiger partial charge in [0.05, 0.1) is 4.47 Å². The summed E-state index contributed by atoms with van der Waals surface area (Å²) < 4.78 is 2.10. The molecule has 0 bridgehead atoms. The van der Waals surface area contributed by atoms with Crippen molar-refractivity contribution in [3.8, 4) is 0 Å². The van der Waals surface area contributed by atoms with Crippen LogP contribution in [0.15, 0.2) is 21.2 Å². The minimum atomic E-state index is 0.583. The summed E-state index contributed by atoms with van der Waals surface area (Å²) in [5, 5.41) is 3.66. The molecule has 1 aromatic heterocycles. The van der Waals surface area contributed by atoms with Gasteiger partial charge in [-0.15, -0.1) is 0 Å². The van der Waals surface area contributed by atoms with Gasteiger partial charge >= 0.3 is 0 Å². The van der Waals surface area contributed by atoms with Gasteiger partial charge in [0.2, 0.25) is 0 Å². The number of piperidine rings is 1. The van der Waals surface area contributed by atoms with Crippen molar-refractivity contribution >= 4 is 37.7 Å². The molecule has 19 heavy (non-hydrogen) atoms. The normalized spacial score (nSPS) is 23.7. The van der Waals surface area contributed by atoms with Crippen LogP contribution in [-0.4, -0.2) is 30.2 Å². The van der Waals surface area contributed by atoms with E-state index in [0.717, 1.165) is 33.9 Å². The largest absolute Gasteiger partial charge is 0.351 e. The summed E-state index contributed by atoms with van der Waals surface area (Å²) in [5.41, 5.74) is 0. The van der Waals surface area contributed by atoms with Crippen molar-refractivity contribution in [2.75, 3.05) is 18.0 Å². The fourth-order valence-corrected chi connectivity index (χ4v) is 3.92. The molecule has 3 nitrogen and oxygen atoms in total. The Balaban J connectivity index is 1.74. The van der Waals surface area contributed by atoms with E-state index in [9.17, 15) is 0 Å².